The van der Waals surface area contributed by atoms with Gasteiger partial charge in [0.05, 0.1) is 12.0 Å². The molecule has 0 aliphatic heterocycles. The van der Waals surface area contributed by atoms with Gasteiger partial charge in [-0.05, 0) is 39.8 Å². The summed E-state index contributed by atoms with van der Waals surface area (Å²) in [5.74, 6) is 1.10. The van der Waals surface area contributed by atoms with Gasteiger partial charge in [0.2, 0.25) is 5.91 Å². The summed E-state index contributed by atoms with van der Waals surface area (Å²) in [5, 5.41) is 5.22. The van der Waals surface area contributed by atoms with Gasteiger partial charge in [0, 0.05) is 12.3 Å². The Morgan fingerprint density at radius 2 is 1.87 bits per heavy atom. The van der Waals surface area contributed by atoms with Gasteiger partial charge in [0.1, 0.15) is 17.4 Å². The van der Waals surface area contributed by atoms with E-state index in [2.05, 4.69) is 10.6 Å². The van der Waals surface area contributed by atoms with Crippen molar-refractivity contribution in [2.24, 2.45) is 0 Å². The largest absolute Gasteiger partial charge is 0.444 e. The molecule has 1 aromatic carbocycles. The van der Waals surface area contributed by atoms with Gasteiger partial charge >= 0.3 is 6.09 Å². The molecule has 23 heavy (non-hydrogen) atoms. The molecule has 2 N–H and O–H groups in total. The van der Waals surface area contributed by atoms with Crippen molar-refractivity contribution in [3.8, 4) is 5.75 Å². The third-order valence-corrected chi connectivity index (χ3v) is 3.19. The zero-order valence-electron chi connectivity index (χ0n) is 13.9. The molecular weight excluding hydrogens is 316 g/mol. The SMILES string of the molecule is C[C@@H](NC(=O)OC(C)(C)C)C(=O)NCCSOc1ccccc1. The molecular formula is C16H24N2O4S. The molecule has 1 atom stereocenters. The Hall–Kier alpha value is -1.89. The molecule has 0 unspecified atom stereocenters. The van der Waals surface area contributed by atoms with Crippen LogP contribution in [0, 0.1) is 0 Å². The van der Waals surface area contributed by atoms with Crippen LogP contribution in [0.5, 0.6) is 5.75 Å². The van der Waals surface area contributed by atoms with Crippen LogP contribution in [0.25, 0.3) is 0 Å². The molecule has 2 amide bonds. The number of para-hydroxylation sites is 1. The van der Waals surface area contributed by atoms with Gasteiger partial charge in [-0.25, -0.2) is 4.79 Å². The van der Waals surface area contributed by atoms with Crippen molar-refractivity contribution in [2.45, 2.75) is 39.3 Å². The number of carbonyl (C=O) groups is 2. The van der Waals surface area contributed by atoms with E-state index < -0.39 is 17.7 Å². The Balaban J connectivity index is 2.16. The van der Waals surface area contributed by atoms with Gasteiger partial charge in [-0.15, -0.1) is 0 Å². The Labute approximate surface area is 141 Å². The molecule has 0 radical (unpaired) electrons. The fraction of sp³-hybridized carbons (Fsp3) is 0.500. The second kappa shape index (κ2) is 9.29. The van der Waals surface area contributed by atoms with Gasteiger partial charge in [0.15, 0.2) is 0 Å². The van der Waals surface area contributed by atoms with Crippen molar-refractivity contribution < 1.29 is 18.5 Å². The van der Waals surface area contributed by atoms with Gasteiger partial charge in [-0.3, -0.25) is 4.79 Å². The molecule has 0 fully saturated rings. The van der Waals surface area contributed by atoms with Crippen molar-refractivity contribution in [2.75, 3.05) is 12.3 Å². The zero-order valence-corrected chi connectivity index (χ0v) is 14.7. The van der Waals surface area contributed by atoms with E-state index in [-0.39, 0.29) is 5.91 Å². The maximum Gasteiger partial charge on any atom is 0.408 e. The molecule has 0 spiro atoms. The van der Waals surface area contributed by atoms with Crippen LogP contribution >= 0.6 is 12.0 Å². The summed E-state index contributed by atoms with van der Waals surface area (Å²) in [4.78, 5) is 23.4. The first-order chi connectivity index (χ1) is 10.8. The molecule has 0 bridgehead atoms. The van der Waals surface area contributed by atoms with E-state index in [1.165, 1.54) is 12.0 Å². The molecule has 0 aliphatic rings. The van der Waals surface area contributed by atoms with Gasteiger partial charge < -0.3 is 19.6 Å². The molecule has 0 saturated heterocycles. The summed E-state index contributed by atoms with van der Waals surface area (Å²) < 4.78 is 10.5. The lowest BCUT2D eigenvalue weighted by Gasteiger charge is -2.21. The van der Waals surface area contributed by atoms with Crippen LogP contribution in [0.3, 0.4) is 0 Å². The number of nitrogens with one attached hydrogen (secondary N) is 2. The highest BCUT2D eigenvalue weighted by atomic mass is 32.2. The van der Waals surface area contributed by atoms with Crippen molar-refractivity contribution >= 4 is 24.0 Å². The van der Waals surface area contributed by atoms with Crippen LogP contribution < -0.4 is 14.8 Å². The van der Waals surface area contributed by atoms with Gasteiger partial charge in [0.25, 0.3) is 0 Å². The lowest BCUT2D eigenvalue weighted by Crippen LogP contribution is -2.46. The average Bonchev–Trinajstić information content (AvgIpc) is 2.45. The van der Waals surface area contributed by atoms with Crippen LogP contribution in [0.4, 0.5) is 4.79 Å². The topological polar surface area (TPSA) is 76.7 Å². The van der Waals surface area contributed by atoms with E-state index in [0.717, 1.165) is 5.75 Å². The number of hydrogen-bond donors (Lipinski definition) is 2. The van der Waals surface area contributed by atoms with E-state index in [4.69, 9.17) is 8.92 Å². The first kappa shape index (κ1) is 19.2. The summed E-state index contributed by atoms with van der Waals surface area (Å²) in [6.07, 6.45) is -0.609. The lowest BCUT2D eigenvalue weighted by molar-refractivity contribution is -0.122. The maximum atomic E-state index is 11.8. The third-order valence-electron chi connectivity index (χ3n) is 2.51. The van der Waals surface area contributed by atoms with Gasteiger partial charge in [-0.2, -0.15) is 0 Å². The highest BCUT2D eigenvalue weighted by Crippen LogP contribution is 2.14. The Kier molecular flexibility index (Phi) is 7.74. The summed E-state index contributed by atoms with van der Waals surface area (Å²) in [6, 6.07) is 8.75. The third kappa shape index (κ3) is 8.97. The van der Waals surface area contributed by atoms with Crippen LogP contribution in [-0.4, -0.2) is 35.9 Å². The monoisotopic (exact) mass is 340 g/mol. The number of ether oxygens (including phenoxy) is 1. The number of rotatable bonds is 7. The quantitative estimate of drug-likeness (QED) is 0.589. The predicted octanol–water partition coefficient (Wildman–Crippen LogP) is 2.74. The molecule has 0 saturated carbocycles. The maximum absolute atomic E-state index is 11.8. The number of amides is 2. The van der Waals surface area contributed by atoms with Crippen LogP contribution in [0.15, 0.2) is 30.3 Å². The minimum absolute atomic E-state index is 0.267. The Bertz CT molecular complexity index is 503. The van der Waals surface area contributed by atoms with Crippen molar-refractivity contribution in [3.05, 3.63) is 30.3 Å². The van der Waals surface area contributed by atoms with Crippen molar-refractivity contribution in [1.82, 2.24) is 10.6 Å². The van der Waals surface area contributed by atoms with E-state index in [1.807, 2.05) is 30.3 Å². The normalized spacial score (nSPS) is 12.2. The Morgan fingerprint density at radius 1 is 1.22 bits per heavy atom. The summed E-state index contributed by atoms with van der Waals surface area (Å²) in [5.41, 5.74) is -0.592. The van der Waals surface area contributed by atoms with Crippen molar-refractivity contribution in [1.29, 1.82) is 0 Å². The minimum Gasteiger partial charge on any atom is -0.444 e. The first-order valence-corrected chi connectivity index (χ1v) is 8.31. The molecule has 7 heteroatoms. The standard InChI is InChI=1S/C16H24N2O4S/c1-12(18-15(20)21-16(2,3)4)14(19)17-10-11-23-22-13-8-6-5-7-9-13/h5-9,12H,10-11H2,1-4H3,(H,17,19)(H,18,20)/t12-/m1/s1. The molecule has 0 heterocycles. The first-order valence-electron chi connectivity index (χ1n) is 7.39. The fourth-order valence-electron chi connectivity index (χ4n) is 1.50. The van der Waals surface area contributed by atoms with E-state index in [1.54, 1.807) is 27.7 Å². The molecule has 0 aliphatic carbocycles. The average molecular weight is 340 g/mol. The Morgan fingerprint density at radius 3 is 2.48 bits per heavy atom. The molecule has 6 nitrogen and oxygen atoms in total. The fourth-order valence-corrected chi connectivity index (χ4v) is 2.02. The summed E-state index contributed by atoms with van der Waals surface area (Å²) in [7, 11) is 0. The zero-order chi connectivity index (χ0) is 17.3. The summed E-state index contributed by atoms with van der Waals surface area (Å²) >= 11 is 1.26. The number of benzene rings is 1. The number of hydrogen-bond acceptors (Lipinski definition) is 5. The molecule has 128 valence electrons. The number of carbonyl (C=O) groups excluding carboxylic acids is 2. The van der Waals surface area contributed by atoms with E-state index >= 15 is 0 Å². The summed E-state index contributed by atoms with van der Waals surface area (Å²) in [6.45, 7) is 7.34. The van der Waals surface area contributed by atoms with Crippen molar-refractivity contribution in [3.63, 3.8) is 0 Å². The van der Waals surface area contributed by atoms with Gasteiger partial charge in [-0.1, -0.05) is 18.2 Å². The van der Waals surface area contributed by atoms with Crippen LogP contribution in [-0.2, 0) is 9.53 Å². The smallest absolute Gasteiger partial charge is 0.408 e. The highest BCUT2D eigenvalue weighted by Gasteiger charge is 2.20. The molecule has 0 aromatic heterocycles. The lowest BCUT2D eigenvalue weighted by atomic mass is 10.2. The second-order valence-electron chi connectivity index (χ2n) is 5.88. The minimum atomic E-state index is -0.662. The second-order valence-corrected chi connectivity index (χ2v) is 6.69. The molecule has 1 aromatic rings. The predicted molar refractivity (Wildman–Crippen MR) is 91.4 cm³/mol. The number of alkyl carbamates (subject to hydrolysis) is 1. The molecule has 1 rings (SSSR count). The van der Waals surface area contributed by atoms with Crippen LogP contribution in [0.2, 0.25) is 0 Å². The van der Waals surface area contributed by atoms with E-state index in [0.29, 0.717) is 12.3 Å². The van der Waals surface area contributed by atoms with E-state index in [9.17, 15) is 9.59 Å². The van der Waals surface area contributed by atoms with Crippen LogP contribution in [0.1, 0.15) is 27.7 Å². The highest BCUT2D eigenvalue weighted by molar-refractivity contribution is 7.95.